The second-order valence-corrected chi connectivity index (χ2v) is 6.79. The van der Waals surface area contributed by atoms with Crippen LogP contribution in [-0.4, -0.2) is 66.5 Å². The fourth-order valence-corrected chi connectivity index (χ4v) is 4.07. The molecule has 1 aromatic rings. The number of anilines is 2. The molecule has 0 aliphatic carbocycles. The highest BCUT2D eigenvalue weighted by Gasteiger charge is 2.34. The van der Waals surface area contributed by atoms with Gasteiger partial charge in [-0.3, -0.25) is 9.69 Å². The molecule has 7 heteroatoms. The highest BCUT2D eigenvalue weighted by molar-refractivity contribution is 7.18. The van der Waals surface area contributed by atoms with E-state index in [1.54, 1.807) is 0 Å². The second-order valence-electron chi connectivity index (χ2n) is 5.81. The summed E-state index contributed by atoms with van der Waals surface area (Å²) >= 11 is 1.40. The van der Waals surface area contributed by atoms with Crippen LogP contribution in [0.3, 0.4) is 0 Å². The highest BCUT2D eigenvalue weighted by atomic mass is 32.1. The van der Waals surface area contributed by atoms with Crippen molar-refractivity contribution in [3.05, 3.63) is 4.88 Å². The van der Waals surface area contributed by atoms with Gasteiger partial charge in [-0.15, -0.1) is 0 Å². The van der Waals surface area contributed by atoms with E-state index in [1.165, 1.54) is 30.7 Å². The van der Waals surface area contributed by atoms with E-state index in [-0.39, 0.29) is 5.91 Å². The van der Waals surface area contributed by atoms with Crippen LogP contribution in [0, 0.1) is 0 Å². The Morgan fingerprint density at radius 1 is 1.48 bits per heavy atom. The zero-order valence-electron chi connectivity index (χ0n) is 12.7. The average molecular weight is 309 g/mol. The maximum atomic E-state index is 12.7. The van der Waals surface area contributed by atoms with Gasteiger partial charge in [-0.2, -0.15) is 0 Å². The standard InChI is InChI=1S/C14H23N5OS/c1-3-17(2)14-16-12(15)11(21-14)13(20)19-8-7-18-6-4-5-10(18)9-19/h10H,3-9,15H2,1-2H3. The van der Waals surface area contributed by atoms with E-state index in [0.717, 1.165) is 31.3 Å². The monoisotopic (exact) mass is 309 g/mol. The number of carbonyl (C=O) groups excluding carboxylic acids is 1. The fraction of sp³-hybridized carbons (Fsp3) is 0.714. The summed E-state index contributed by atoms with van der Waals surface area (Å²) in [5, 5.41) is 0.817. The normalized spacial score (nSPS) is 22.4. The predicted molar refractivity (Wildman–Crippen MR) is 86.0 cm³/mol. The summed E-state index contributed by atoms with van der Waals surface area (Å²) in [6.45, 7) is 6.69. The number of rotatable bonds is 3. The van der Waals surface area contributed by atoms with Gasteiger partial charge in [0.05, 0.1) is 0 Å². The number of carbonyl (C=O) groups is 1. The summed E-state index contributed by atoms with van der Waals surface area (Å²) in [6.07, 6.45) is 2.45. The Morgan fingerprint density at radius 2 is 2.29 bits per heavy atom. The second kappa shape index (κ2) is 5.81. The van der Waals surface area contributed by atoms with Crippen molar-refractivity contribution in [1.82, 2.24) is 14.8 Å². The van der Waals surface area contributed by atoms with Crippen molar-refractivity contribution in [2.24, 2.45) is 0 Å². The van der Waals surface area contributed by atoms with Gasteiger partial charge in [-0.25, -0.2) is 4.98 Å². The molecule has 6 nitrogen and oxygen atoms in total. The first kappa shape index (κ1) is 14.6. The van der Waals surface area contributed by atoms with E-state index in [9.17, 15) is 4.79 Å². The third kappa shape index (κ3) is 2.72. The van der Waals surface area contributed by atoms with Gasteiger partial charge in [-0.05, 0) is 26.3 Å². The first-order valence-corrected chi connectivity index (χ1v) is 8.42. The summed E-state index contributed by atoms with van der Waals surface area (Å²) in [5.41, 5.74) is 5.96. The van der Waals surface area contributed by atoms with E-state index in [0.29, 0.717) is 16.7 Å². The molecule has 1 amide bonds. The number of amides is 1. The Balaban J connectivity index is 1.74. The molecule has 0 aromatic carbocycles. The molecule has 2 aliphatic heterocycles. The third-order valence-corrected chi connectivity index (χ3v) is 5.69. The number of fused-ring (bicyclic) bond motifs is 1. The minimum Gasteiger partial charge on any atom is -0.382 e. The first-order chi connectivity index (χ1) is 10.1. The first-order valence-electron chi connectivity index (χ1n) is 7.61. The maximum absolute atomic E-state index is 12.7. The summed E-state index contributed by atoms with van der Waals surface area (Å²) in [5.74, 6) is 0.418. The quantitative estimate of drug-likeness (QED) is 0.906. The number of nitrogens with zero attached hydrogens (tertiary/aromatic N) is 4. The van der Waals surface area contributed by atoms with Gasteiger partial charge >= 0.3 is 0 Å². The largest absolute Gasteiger partial charge is 0.382 e. The predicted octanol–water partition coefficient (Wildman–Crippen LogP) is 1.10. The molecule has 1 atom stereocenters. The van der Waals surface area contributed by atoms with Gasteiger partial charge < -0.3 is 15.5 Å². The SMILES string of the molecule is CCN(C)c1nc(N)c(C(=O)N2CCN3CCCC3C2)s1. The summed E-state index contributed by atoms with van der Waals surface area (Å²) < 4.78 is 0. The topological polar surface area (TPSA) is 65.7 Å². The molecular weight excluding hydrogens is 286 g/mol. The number of piperazine rings is 1. The molecule has 1 aromatic heterocycles. The third-order valence-electron chi connectivity index (χ3n) is 4.51. The van der Waals surface area contributed by atoms with Crippen molar-refractivity contribution in [3.63, 3.8) is 0 Å². The lowest BCUT2D eigenvalue weighted by molar-refractivity contribution is 0.0576. The number of hydrogen-bond donors (Lipinski definition) is 1. The Hall–Kier alpha value is -1.34. The lowest BCUT2D eigenvalue weighted by Crippen LogP contribution is -2.52. The number of nitrogen functional groups attached to an aromatic ring is 1. The Bertz CT molecular complexity index is 531. The van der Waals surface area contributed by atoms with Crippen LogP contribution in [0.2, 0.25) is 0 Å². The van der Waals surface area contributed by atoms with Gasteiger partial charge in [-0.1, -0.05) is 11.3 Å². The van der Waals surface area contributed by atoms with Crippen LogP contribution in [0.5, 0.6) is 0 Å². The number of thiazole rings is 1. The molecule has 0 radical (unpaired) electrons. The van der Waals surface area contributed by atoms with Gasteiger partial charge in [0.2, 0.25) is 0 Å². The van der Waals surface area contributed by atoms with Gasteiger partial charge in [0.15, 0.2) is 5.13 Å². The van der Waals surface area contributed by atoms with Gasteiger partial charge in [0.25, 0.3) is 5.91 Å². The van der Waals surface area contributed by atoms with Crippen molar-refractivity contribution in [1.29, 1.82) is 0 Å². The lowest BCUT2D eigenvalue weighted by atomic mass is 10.1. The van der Waals surface area contributed by atoms with Crippen LogP contribution in [0.15, 0.2) is 0 Å². The zero-order chi connectivity index (χ0) is 15.0. The smallest absolute Gasteiger partial charge is 0.267 e. The minimum absolute atomic E-state index is 0.0484. The van der Waals surface area contributed by atoms with Crippen molar-refractivity contribution in [2.45, 2.75) is 25.8 Å². The van der Waals surface area contributed by atoms with E-state index >= 15 is 0 Å². The number of hydrogen-bond acceptors (Lipinski definition) is 6. The molecule has 3 heterocycles. The molecular formula is C14H23N5OS. The molecule has 1 unspecified atom stereocenters. The Kier molecular flexibility index (Phi) is 4.03. The molecule has 2 saturated heterocycles. The van der Waals surface area contributed by atoms with Gasteiger partial charge in [0, 0.05) is 39.3 Å². The molecule has 2 N–H and O–H groups in total. The summed E-state index contributed by atoms with van der Waals surface area (Å²) in [7, 11) is 1.96. The minimum atomic E-state index is 0.0484. The summed E-state index contributed by atoms with van der Waals surface area (Å²) in [4.78, 5) is 24.1. The van der Waals surface area contributed by atoms with Crippen LogP contribution in [0.4, 0.5) is 10.9 Å². The lowest BCUT2D eigenvalue weighted by Gasteiger charge is -2.37. The number of aromatic nitrogens is 1. The van der Waals surface area contributed by atoms with Crippen LogP contribution < -0.4 is 10.6 Å². The zero-order valence-corrected chi connectivity index (χ0v) is 13.5. The molecule has 0 saturated carbocycles. The molecule has 0 bridgehead atoms. The van der Waals surface area contributed by atoms with Crippen LogP contribution in [-0.2, 0) is 0 Å². The van der Waals surface area contributed by atoms with Gasteiger partial charge in [0.1, 0.15) is 10.7 Å². The molecule has 2 aliphatic rings. The van der Waals surface area contributed by atoms with Crippen molar-refractivity contribution < 1.29 is 4.79 Å². The fourth-order valence-electron chi connectivity index (χ4n) is 3.09. The molecule has 2 fully saturated rings. The van der Waals surface area contributed by atoms with Crippen LogP contribution >= 0.6 is 11.3 Å². The molecule has 116 valence electrons. The molecule has 21 heavy (non-hydrogen) atoms. The highest BCUT2D eigenvalue weighted by Crippen LogP contribution is 2.30. The van der Waals surface area contributed by atoms with Crippen LogP contribution in [0.1, 0.15) is 29.4 Å². The number of nitrogens with two attached hydrogens (primary N) is 1. The van der Waals surface area contributed by atoms with Crippen molar-refractivity contribution in [2.75, 3.05) is 50.4 Å². The molecule has 3 rings (SSSR count). The van der Waals surface area contributed by atoms with Crippen LogP contribution in [0.25, 0.3) is 0 Å². The van der Waals surface area contributed by atoms with E-state index in [4.69, 9.17) is 5.73 Å². The van der Waals surface area contributed by atoms with E-state index in [1.807, 2.05) is 16.8 Å². The van der Waals surface area contributed by atoms with Crippen molar-refractivity contribution >= 4 is 28.2 Å². The average Bonchev–Trinajstić information content (AvgIpc) is 3.11. The molecule has 0 spiro atoms. The van der Waals surface area contributed by atoms with E-state index in [2.05, 4.69) is 16.8 Å². The van der Waals surface area contributed by atoms with Crippen molar-refractivity contribution in [3.8, 4) is 0 Å². The summed E-state index contributed by atoms with van der Waals surface area (Å²) in [6, 6.07) is 0.537. The Labute approximate surface area is 129 Å². The maximum Gasteiger partial charge on any atom is 0.267 e. The Morgan fingerprint density at radius 3 is 3.05 bits per heavy atom. The van der Waals surface area contributed by atoms with E-state index < -0.39 is 0 Å².